The summed E-state index contributed by atoms with van der Waals surface area (Å²) >= 11 is 0. The highest BCUT2D eigenvalue weighted by molar-refractivity contribution is 6.00. The maximum atomic E-state index is 6.82. The van der Waals surface area contributed by atoms with Gasteiger partial charge in [0.1, 0.15) is 23.0 Å². The maximum Gasteiger partial charge on any atom is 0.137 e. The molecule has 0 bridgehead atoms. The molecule has 9 aromatic rings. The van der Waals surface area contributed by atoms with E-state index in [4.69, 9.17) is 9.47 Å². The Morgan fingerprint density at radius 3 is 1.42 bits per heavy atom. The summed E-state index contributed by atoms with van der Waals surface area (Å²) in [6.45, 7) is 0. The summed E-state index contributed by atoms with van der Waals surface area (Å²) < 4.78 is 13.4. The van der Waals surface area contributed by atoms with Crippen LogP contribution in [-0.2, 0) is 0 Å². The number of nitrogens with zero attached hydrogens (tertiary/aromatic N) is 1. The van der Waals surface area contributed by atoms with E-state index in [0.29, 0.717) is 0 Å². The van der Waals surface area contributed by atoms with Gasteiger partial charge in [0.25, 0.3) is 0 Å². The number of benzene rings is 9. The number of hydrogen-bond acceptors (Lipinski definition) is 3. The fraction of sp³-hybridized carbons (Fsp3) is 0. The summed E-state index contributed by atoms with van der Waals surface area (Å²) in [5.74, 6) is 3.36. The maximum absolute atomic E-state index is 6.82. The van der Waals surface area contributed by atoms with Crippen LogP contribution in [0.15, 0.2) is 212 Å². The molecule has 0 aromatic heterocycles. The molecule has 2 aliphatic rings. The number of anilines is 3. The fourth-order valence-electron chi connectivity index (χ4n) is 8.47. The molecule has 0 N–H and O–H groups in total. The Hall–Kier alpha value is -7.62. The second-order valence-electron chi connectivity index (χ2n) is 14.4. The molecule has 57 heavy (non-hydrogen) atoms. The van der Waals surface area contributed by atoms with Gasteiger partial charge >= 0.3 is 0 Å². The first kappa shape index (κ1) is 32.8. The van der Waals surface area contributed by atoms with Crippen LogP contribution in [0.4, 0.5) is 17.1 Å². The van der Waals surface area contributed by atoms with Gasteiger partial charge in [-0.05, 0) is 93.5 Å². The topological polar surface area (TPSA) is 21.7 Å². The third-order valence-corrected chi connectivity index (χ3v) is 11.1. The van der Waals surface area contributed by atoms with E-state index >= 15 is 0 Å². The summed E-state index contributed by atoms with van der Waals surface area (Å²) in [5, 5.41) is 0. The largest absolute Gasteiger partial charge is 0.456 e. The molecule has 3 nitrogen and oxygen atoms in total. The summed E-state index contributed by atoms with van der Waals surface area (Å²) in [6, 6.07) is 75.0. The molecule has 268 valence electrons. The van der Waals surface area contributed by atoms with Crippen molar-refractivity contribution in [2.75, 3.05) is 4.90 Å². The van der Waals surface area contributed by atoms with Crippen molar-refractivity contribution in [1.82, 2.24) is 0 Å². The zero-order chi connectivity index (χ0) is 37.7. The van der Waals surface area contributed by atoms with Gasteiger partial charge in [-0.2, -0.15) is 0 Å². The van der Waals surface area contributed by atoms with Crippen LogP contribution >= 0.6 is 0 Å². The first-order valence-corrected chi connectivity index (χ1v) is 19.3. The minimum Gasteiger partial charge on any atom is -0.456 e. The molecule has 2 heterocycles. The van der Waals surface area contributed by atoms with E-state index in [2.05, 4.69) is 199 Å². The average molecular weight is 730 g/mol. The van der Waals surface area contributed by atoms with Crippen molar-refractivity contribution >= 4 is 17.1 Å². The van der Waals surface area contributed by atoms with Gasteiger partial charge in [0.15, 0.2) is 0 Å². The summed E-state index contributed by atoms with van der Waals surface area (Å²) in [6.07, 6.45) is 0. The van der Waals surface area contributed by atoms with Gasteiger partial charge in [0.05, 0.1) is 0 Å². The van der Waals surface area contributed by atoms with Crippen molar-refractivity contribution in [3.8, 4) is 89.8 Å². The van der Waals surface area contributed by atoms with E-state index in [1.807, 2.05) is 18.2 Å². The monoisotopic (exact) mass is 729 g/mol. The van der Waals surface area contributed by atoms with Crippen LogP contribution < -0.4 is 14.4 Å². The molecule has 3 heteroatoms. The minimum absolute atomic E-state index is 0.815. The molecule has 0 aliphatic carbocycles. The molecule has 0 saturated heterocycles. The van der Waals surface area contributed by atoms with E-state index in [1.165, 1.54) is 11.1 Å². The fourth-order valence-corrected chi connectivity index (χ4v) is 8.47. The zero-order valence-corrected chi connectivity index (χ0v) is 31.0. The van der Waals surface area contributed by atoms with E-state index in [9.17, 15) is 0 Å². The molecule has 0 fully saturated rings. The molecule has 11 rings (SSSR count). The minimum atomic E-state index is 0.815. The van der Waals surface area contributed by atoms with Crippen LogP contribution in [0, 0.1) is 0 Å². The molecule has 2 aliphatic heterocycles. The van der Waals surface area contributed by atoms with Gasteiger partial charge in [-0.15, -0.1) is 0 Å². The normalized spacial score (nSPS) is 11.8. The molecule has 0 saturated carbocycles. The molecule has 0 spiro atoms. The Bertz CT molecular complexity index is 2970. The van der Waals surface area contributed by atoms with Crippen molar-refractivity contribution < 1.29 is 9.47 Å². The predicted octanol–water partition coefficient (Wildman–Crippen LogP) is 15.4. The standard InChI is InChI=1S/C54H35NO2/c1-2-14-36(15-3-1)37-28-30-39(31-29-37)55(41-32-33-47-44-19-5-4-18-43(44)45-20-6-9-25-50(45)57-53(47)35-41)40-17-12-16-38(34-40)42-23-13-24-48-46-21-7-10-26-51(46)56-52-27-11-8-22-49(52)54(42)48/h1-35H. The van der Waals surface area contributed by atoms with E-state index in [-0.39, 0.29) is 0 Å². The molecule has 0 amide bonds. The second kappa shape index (κ2) is 13.6. The van der Waals surface area contributed by atoms with Gasteiger partial charge in [-0.25, -0.2) is 0 Å². The Morgan fingerprint density at radius 1 is 0.246 bits per heavy atom. The first-order chi connectivity index (χ1) is 28.3. The van der Waals surface area contributed by atoms with Crippen molar-refractivity contribution in [3.63, 3.8) is 0 Å². The Kier molecular flexibility index (Phi) is 7.82. The van der Waals surface area contributed by atoms with E-state index < -0.39 is 0 Å². The van der Waals surface area contributed by atoms with Crippen molar-refractivity contribution in [1.29, 1.82) is 0 Å². The lowest BCUT2D eigenvalue weighted by Gasteiger charge is -2.27. The van der Waals surface area contributed by atoms with Crippen molar-refractivity contribution in [2.45, 2.75) is 0 Å². The lowest BCUT2D eigenvalue weighted by molar-refractivity contribution is 0.487. The lowest BCUT2D eigenvalue weighted by Crippen LogP contribution is -2.10. The van der Waals surface area contributed by atoms with Gasteiger partial charge in [0, 0.05) is 50.9 Å². The first-order valence-electron chi connectivity index (χ1n) is 19.3. The molecule has 0 unspecified atom stereocenters. The van der Waals surface area contributed by atoms with Crippen LogP contribution in [0.1, 0.15) is 0 Å². The SMILES string of the molecule is c1ccc(-c2ccc(N(c3cccc(-c4cccc5c4-c4ccccc4Oc4ccccc4-5)c3)c3ccc4c(c3)Oc3ccccc3-c3ccccc3-4)cc2)cc1. The highest BCUT2D eigenvalue weighted by Gasteiger charge is 2.25. The molecular weight excluding hydrogens is 695 g/mol. The molecule has 0 atom stereocenters. The summed E-state index contributed by atoms with van der Waals surface area (Å²) in [5.41, 5.74) is 16.6. The lowest BCUT2D eigenvalue weighted by atomic mass is 9.87. The third kappa shape index (κ3) is 5.68. The van der Waals surface area contributed by atoms with Gasteiger partial charge in [-0.1, -0.05) is 152 Å². The van der Waals surface area contributed by atoms with Crippen LogP contribution in [0.2, 0.25) is 0 Å². The average Bonchev–Trinajstić information content (AvgIpc) is 3.51. The van der Waals surface area contributed by atoms with Crippen LogP contribution in [0.25, 0.3) is 66.8 Å². The van der Waals surface area contributed by atoms with Gasteiger partial charge < -0.3 is 14.4 Å². The molecule has 9 aromatic carbocycles. The summed E-state index contributed by atoms with van der Waals surface area (Å²) in [4.78, 5) is 2.33. The van der Waals surface area contributed by atoms with E-state index in [1.54, 1.807) is 0 Å². The Morgan fingerprint density at radius 2 is 0.702 bits per heavy atom. The third-order valence-electron chi connectivity index (χ3n) is 11.1. The van der Waals surface area contributed by atoms with Crippen LogP contribution in [0.3, 0.4) is 0 Å². The van der Waals surface area contributed by atoms with Gasteiger partial charge in [-0.3, -0.25) is 0 Å². The van der Waals surface area contributed by atoms with Crippen molar-refractivity contribution in [2.24, 2.45) is 0 Å². The zero-order valence-electron chi connectivity index (χ0n) is 31.0. The van der Waals surface area contributed by atoms with Crippen molar-refractivity contribution in [3.05, 3.63) is 212 Å². The number of ether oxygens (including phenoxy) is 2. The number of fused-ring (bicyclic) bond motifs is 10. The highest BCUT2D eigenvalue weighted by Crippen LogP contribution is 2.52. The molecular formula is C54H35NO2. The molecule has 0 radical (unpaired) electrons. The quantitative estimate of drug-likeness (QED) is 0.176. The highest BCUT2D eigenvalue weighted by atomic mass is 16.5. The Labute approximate surface area is 332 Å². The smallest absolute Gasteiger partial charge is 0.137 e. The second-order valence-corrected chi connectivity index (χ2v) is 14.4. The number of para-hydroxylation sites is 3. The van der Waals surface area contributed by atoms with Crippen LogP contribution in [0.5, 0.6) is 23.0 Å². The predicted molar refractivity (Wildman–Crippen MR) is 234 cm³/mol. The number of hydrogen-bond donors (Lipinski definition) is 0. The summed E-state index contributed by atoms with van der Waals surface area (Å²) in [7, 11) is 0. The Balaban J connectivity index is 1.09. The number of rotatable bonds is 5. The van der Waals surface area contributed by atoms with Crippen LogP contribution in [-0.4, -0.2) is 0 Å². The van der Waals surface area contributed by atoms with E-state index in [0.717, 1.165) is 95.7 Å². The van der Waals surface area contributed by atoms with Gasteiger partial charge in [0.2, 0.25) is 0 Å².